The lowest BCUT2D eigenvalue weighted by Crippen LogP contribution is -2.25. The third-order valence-electron chi connectivity index (χ3n) is 7.30. The van der Waals surface area contributed by atoms with Crippen molar-refractivity contribution >= 4 is 16.7 Å². The fourth-order valence-corrected chi connectivity index (χ4v) is 5.75. The second-order valence-corrected chi connectivity index (χ2v) is 9.63. The number of nitrogens with zero attached hydrogens (tertiary/aromatic N) is 6. The molecule has 1 aromatic carbocycles. The van der Waals surface area contributed by atoms with Crippen molar-refractivity contribution in [1.29, 1.82) is 0 Å². The molecule has 1 aliphatic carbocycles. The minimum absolute atomic E-state index is 0.477. The Balaban J connectivity index is 1.08. The Kier molecular flexibility index (Phi) is 5.06. The summed E-state index contributed by atoms with van der Waals surface area (Å²) in [4.78, 5) is 7.04. The Bertz CT molecular complexity index is 1250. The summed E-state index contributed by atoms with van der Waals surface area (Å²) in [6.07, 6.45) is 6.34. The predicted molar refractivity (Wildman–Crippen MR) is 130 cm³/mol. The van der Waals surface area contributed by atoms with E-state index >= 15 is 0 Å². The van der Waals surface area contributed by atoms with Gasteiger partial charge in [-0.25, -0.2) is 0 Å². The van der Waals surface area contributed by atoms with Gasteiger partial charge in [0.25, 0.3) is 0 Å². The molecule has 2 atom stereocenters. The number of anilines is 1. The molecule has 3 aromatic heterocycles. The first-order valence-corrected chi connectivity index (χ1v) is 11.8. The van der Waals surface area contributed by atoms with E-state index in [-0.39, 0.29) is 0 Å². The molecule has 1 aliphatic heterocycles. The van der Waals surface area contributed by atoms with Crippen LogP contribution < -0.4 is 5.32 Å². The van der Waals surface area contributed by atoms with Crippen LogP contribution in [0.2, 0.25) is 0 Å². The summed E-state index contributed by atoms with van der Waals surface area (Å²) in [6.45, 7) is 5.42. The van der Waals surface area contributed by atoms with E-state index in [0.29, 0.717) is 6.04 Å². The highest BCUT2D eigenvalue weighted by Crippen LogP contribution is 2.39. The van der Waals surface area contributed by atoms with E-state index in [1.54, 1.807) is 0 Å². The molecule has 2 aliphatic rings. The van der Waals surface area contributed by atoms with Crippen LogP contribution in [0.15, 0.2) is 54.9 Å². The molecule has 168 valence electrons. The van der Waals surface area contributed by atoms with Gasteiger partial charge < -0.3 is 5.32 Å². The van der Waals surface area contributed by atoms with Crippen LogP contribution in [0.1, 0.15) is 24.1 Å². The summed E-state index contributed by atoms with van der Waals surface area (Å²) >= 11 is 0. The fourth-order valence-electron chi connectivity index (χ4n) is 5.75. The van der Waals surface area contributed by atoms with Crippen molar-refractivity contribution in [2.75, 3.05) is 18.4 Å². The summed E-state index contributed by atoms with van der Waals surface area (Å²) in [6, 6.07) is 14.9. The molecule has 1 saturated carbocycles. The van der Waals surface area contributed by atoms with Gasteiger partial charge in [-0.15, -0.1) is 10.2 Å². The molecule has 0 bridgehead atoms. The summed E-state index contributed by atoms with van der Waals surface area (Å²) in [5.41, 5.74) is 5.38. The van der Waals surface area contributed by atoms with Gasteiger partial charge in [-0.1, -0.05) is 12.1 Å². The summed E-state index contributed by atoms with van der Waals surface area (Å²) in [5.74, 6) is 2.38. The zero-order chi connectivity index (χ0) is 22.4. The molecular weight excluding hydrogens is 410 g/mol. The molecule has 0 unspecified atom stereocenters. The number of aromatic nitrogens is 5. The van der Waals surface area contributed by atoms with Gasteiger partial charge in [-0.05, 0) is 67.5 Å². The van der Waals surface area contributed by atoms with Gasteiger partial charge in [0, 0.05) is 56.1 Å². The lowest BCUT2D eigenvalue weighted by molar-refractivity contribution is 0.297. The van der Waals surface area contributed by atoms with E-state index in [2.05, 4.69) is 80.0 Å². The molecule has 4 heterocycles. The minimum Gasteiger partial charge on any atom is -0.366 e. The average molecular weight is 440 g/mol. The molecule has 7 nitrogen and oxygen atoms in total. The summed E-state index contributed by atoms with van der Waals surface area (Å²) < 4.78 is 1.86. The fraction of sp³-hybridized carbons (Fsp3) is 0.385. The number of hydrogen-bond acceptors (Lipinski definition) is 6. The highest BCUT2D eigenvalue weighted by Gasteiger charge is 2.40. The zero-order valence-corrected chi connectivity index (χ0v) is 19.1. The first kappa shape index (κ1) is 20.3. The molecule has 1 saturated heterocycles. The molecule has 6 rings (SSSR count). The van der Waals surface area contributed by atoms with E-state index in [9.17, 15) is 0 Å². The van der Waals surface area contributed by atoms with Gasteiger partial charge in [0.1, 0.15) is 5.82 Å². The number of fused-ring (bicyclic) bond motifs is 2. The van der Waals surface area contributed by atoms with Crippen molar-refractivity contribution in [2.45, 2.75) is 32.4 Å². The normalized spacial score (nSPS) is 21.0. The van der Waals surface area contributed by atoms with Gasteiger partial charge in [0.15, 0.2) is 0 Å². The van der Waals surface area contributed by atoms with Crippen LogP contribution in [0, 0.1) is 18.8 Å². The van der Waals surface area contributed by atoms with E-state index in [0.717, 1.165) is 46.4 Å². The minimum atomic E-state index is 0.477. The van der Waals surface area contributed by atoms with E-state index in [4.69, 9.17) is 0 Å². The lowest BCUT2D eigenvalue weighted by atomic mass is 10.0. The predicted octanol–water partition coefficient (Wildman–Crippen LogP) is 4.06. The molecule has 7 heteroatoms. The van der Waals surface area contributed by atoms with Crippen LogP contribution in [-0.4, -0.2) is 49.0 Å². The van der Waals surface area contributed by atoms with Gasteiger partial charge in [-0.2, -0.15) is 5.10 Å². The number of aryl methyl sites for hydroxylation is 2. The Morgan fingerprint density at radius 2 is 1.85 bits per heavy atom. The van der Waals surface area contributed by atoms with Gasteiger partial charge in [0.2, 0.25) is 0 Å². The van der Waals surface area contributed by atoms with Crippen molar-refractivity contribution in [3.8, 4) is 11.3 Å². The molecule has 0 spiro atoms. The maximum absolute atomic E-state index is 4.54. The van der Waals surface area contributed by atoms with Crippen LogP contribution in [-0.2, 0) is 13.6 Å². The molecule has 33 heavy (non-hydrogen) atoms. The lowest BCUT2D eigenvalue weighted by Gasteiger charge is -2.19. The molecule has 4 aromatic rings. The van der Waals surface area contributed by atoms with Gasteiger partial charge in [0.05, 0.1) is 16.9 Å². The van der Waals surface area contributed by atoms with Crippen molar-refractivity contribution < 1.29 is 0 Å². The van der Waals surface area contributed by atoms with Crippen molar-refractivity contribution in [3.05, 3.63) is 66.1 Å². The standard InChI is InChI=1S/C26H29N7/c1-17-22(6-7-25-23(17)16-32(2)31-25)24-8-9-26(30-29-24)28-21-11-18-13-33(14-19(18)12-21)15-20-5-3-4-10-27-20/h3-10,16,18-19,21H,11-15H2,1-2H3,(H,28,30)/t18-,19-/m1/s1. The number of pyridine rings is 1. The molecule has 1 N–H and O–H groups in total. The number of rotatable bonds is 5. The molecule has 0 amide bonds. The van der Waals surface area contributed by atoms with Crippen molar-refractivity contribution in [2.24, 2.45) is 18.9 Å². The maximum atomic E-state index is 4.54. The summed E-state index contributed by atoms with van der Waals surface area (Å²) in [5, 5.41) is 18.3. The van der Waals surface area contributed by atoms with E-state index < -0.39 is 0 Å². The van der Waals surface area contributed by atoms with Crippen LogP contribution in [0.3, 0.4) is 0 Å². The van der Waals surface area contributed by atoms with Crippen LogP contribution in [0.4, 0.5) is 5.82 Å². The Morgan fingerprint density at radius 3 is 2.58 bits per heavy atom. The van der Waals surface area contributed by atoms with Crippen LogP contribution >= 0.6 is 0 Å². The highest BCUT2D eigenvalue weighted by molar-refractivity contribution is 5.88. The third-order valence-corrected chi connectivity index (χ3v) is 7.30. The van der Waals surface area contributed by atoms with Crippen molar-refractivity contribution in [1.82, 2.24) is 29.9 Å². The third kappa shape index (κ3) is 3.97. The second-order valence-electron chi connectivity index (χ2n) is 9.63. The average Bonchev–Trinajstić information content (AvgIpc) is 3.48. The smallest absolute Gasteiger partial charge is 0.148 e. The number of nitrogens with one attached hydrogen (secondary N) is 1. The number of hydrogen-bond donors (Lipinski definition) is 1. The SMILES string of the molecule is Cc1c(-c2ccc(NC3C[C@@H]4CN(Cc5ccccn5)C[C@H]4C3)nn2)ccc2nn(C)cc12. The Morgan fingerprint density at radius 1 is 1.00 bits per heavy atom. The Labute approximate surface area is 193 Å². The molecule has 0 radical (unpaired) electrons. The van der Waals surface area contributed by atoms with E-state index in [1.165, 1.54) is 37.2 Å². The molecule has 2 fully saturated rings. The van der Waals surface area contributed by atoms with Crippen LogP contribution in [0.25, 0.3) is 22.2 Å². The topological polar surface area (TPSA) is 71.8 Å². The maximum Gasteiger partial charge on any atom is 0.148 e. The zero-order valence-electron chi connectivity index (χ0n) is 19.1. The largest absolute Gasteiger partial charge is 0.366 e. The summed E-state index contributed by atoms with van der Waals surface area (Å²) in [7, 11) is 1.95. The number of benzene rings is 1. The highest BCUT2D eigenvalue weighted by atomic mass is 15.2. The van der Waals surface area contributed by atoms with E-state index in [1.807, 2.05) is 24.0 Å². The monoisotopic (exact) mass is 439 g/mol. The van der Waals surface area contributed by atoms with Crippen LogP contribution in [0.5, 0.6) is 0 Å². The first-order valence-electron chi connectivity index (χ1n) is 11.8. The Hall–Kier alpha value is -3.32. The second kappa shape index (κ2) is 8.23. The molecular formula is C26H29N7. The van der Waals surface area contributed by atoms with Crippen molar-refractivity contribution in [3.63, 3.8) is 0 Å². The van der Waals surface area contributed by atoms with Gasteiger partial charge >= 0.3 is 0 Å². The van der Waals surface area contributed by atoms with Gasteiger partial charge in [-0.3, -0.25) is 14.6 Å². The quantitative estimate of drug-likeness (QED) is 0.506. The first-order chi connectivity index (χ1) is 16.1. The number of likely N-dealkylation sites (tertiary alicyclic amines) is 1.